The molecule has 2 aliphatic carbocycles. The third kappa shape index (κ3) is 29.7. The first kappa shape index (κ1) is 76.6. The van der Waals surface area contributed by atoms with Gasteiger partial charge < -0.3 is 85.2 Å². The van der Waals surface area contributed by atoms with Crippen molar-refractivity contribution in [1.82, 2.24) is 50.1 Å². The van der Waals surface area contributed by atoms with Gasteiger partial charge in [-0.1, -0.05) is 16.8 Å². The number of hydrazine groups is 1. The van der Waals surface area contributed by atoms with Gasteiger partial charge in [0.15, 0.2) is 12.6 Å². The molecule has 6 rings (SSSR count). The Labute approximate surface area is 545 Å². The number of hydrogen-bond acceptors (Lipinski definition) is 27. The Morgan fingerprint density at radius 1 is 0.750 bits per heavy atom. The summed E-state index contributed by atoms with van der Waals surface area (Å²) in [7, 11) is 0. The molecule has 0 radical (unpaired) electrons. The second-order valence-corrected chi connectivity index (χ2v) is 25.5. The van der Waals surface area contributed by atoms with E-state index in [-0.39, 0.29) is 74.3 Å². The zero-order valence-corrected chi connectivity index (χ0v) is 55.0. The Morgan fingerprint density at radius 2 is 1.46 bits per heavy atom. The van der Waals surface area contributed by atoms with E-state index in [9.17, 15) is 30.8 Å². The van der Waals surface area contributed by atoms with E-state index in [0.717, 1.165) is 101 Å². The highest BCUT2D eigenvalue weighted by Crippen LogP contribution is 2.29. The van der Waals surface area contributed by atoms with Crippen molar-refractivity contribution >= 4 is 0 Å². The van der Waals surface area contributed by atoms with Crippen LogP contribution in [0.1, 0.15) is 147 Å². The van der Waals surface area contributed by atoms with Gasteiger partial charge in [0.2, 0.25) is 0 Å². The highest BCUT2D eigenvalue weighted by molar-refractivity contribution is 5.04. The van der Waals surface area contributed by atoms with Gasteiger partial charge in [-0.2, -0.15) is 10.4 Å². The minimum atomic E-state index is -0.719. The van der Waals surface area contributed by atoms with E-state index in [1.54, 1.807) is 10.9 Å². The lowest BCUT2D eigenvalue weighted by atomic mass is 9.82. The molecule has 13 unspecified atom stereocenters. The molecule has 2 aliphatic heterocycles. The number of aromatic nitrogens is 6. The number of nitrogens with one attached hydrogen (secondary N) is 2. The van der Waals surface area contributed by atoms with Gasteiger partial charge in [0.05, 0.1) is 125 Å². The van der Waals surface area contributed by atoms with Crippen molar-refractivity contribution in [3.8, 4) is 6.07 Å². The maximum atomic E-state index is 10.3. The first-order chi connectivity index (χ1) is 44.7. The highest BCUT2D eigenvalue weighted by Gasteiger charge is 2.35. The molecular weight excluding hydrogens is 1190 g/mol. The van der Waals surface area contributed by atoms with Crippen molar-refractivity contribution in [2.75, 3.05) is 105 Å². The van der Waals surface area contributed by atoms with Gasteiger partial charge in [0.25, 0.3) is 0 Å². The van der Waals surface area contributed by atoms with Crippen molar-refractivity contribution in [1.29, 1.82) is 10.8 Å². The van der Waals surface area contributed by atoms with Crippen molar-refractivity contribution in [3.05, 3.63) is 47.6 Å². The van der Waals surface area contributed by atoms with Crippen molar-refractivity contribution in [2.24, 2.45) is 40.2 Å². The maximum absolute atomic E-state index is 10.3. The number of rotatable bonds is 48. The second kappa shape index (κ2) is 44.3. The van der Waals surface area contributed by atoms with Gasteiger partial charge in [-0.05, 0) is 123 Å². The normalized spacial score (nSPS) is 26.2. The van der Waals surface area contributed by atoms with E-state index in [1.807, 2.05) is 30.2 Å². The Morgan fingerprint density at radius 3 is 2.22 bits per heavy atom. The van der Waals surface area contributed by atoms with E-state index < -0.39 is 24.5 Å². The van der Waals surface area contributed by atoms with E-state index >= 15 is 0 Å². The number of nitrogens with two attached hydrogens (primary N) is 3. The minimum absolute atomic E-state index is 0.0186. The fourth-order valence-electron chi connectivity index (χ4n) is 12.3. The lowest BCUT2D eigenvalue weighted by molar-refractivity contribution is -0.201. The van der Waals surface area contributed by atoms with Crippen LogP contribution < -0.4 is 22.6 Å². The van der Waals surface area contributed by atoms with Gasteiger partial charge in [-0.15, -0.1) is 10.2 Å². The summed E-state index contributed by atoms with van der Waals surface area (Å²) in [5, 5.41) is 85.5. The average molecular weight is 1300 g/mol. The van der Waals surface area contributed by atoms with Crippen LogP contribution in [0, 0.1) is 34.6 Å². The van der Waals surface area contributed by atoms with Gasteiger partial charge in [-0.25, -0.2) is 16.1 Å². The molecule has 29 heteroatoms. The summed E-state index contributed by atoms with van der Waals surface area (Å²) in [6.45, 7) is 12.3. The Balaban J connectivity index is 1.00. The van der Waals surface area contributed by atoms with Gasteiger partial charge >= 0.3 is 0 Å². The number of aliphatic hydroxyl groups is 5. The highest BCUT2D eigenvalue weighted by atomic mass is 16.7. The number of aliphatic hydroxyl groups excluding tert-OH is 5. The number of aryl methyl sites for hydroxylation is 1. The maximum Gasteiger partial charge on any atom is 0.159 e. The van der Waals surface area contributed by atoms with E-state index in [2.05, 4.69) is 53.8 Å². The zero-order valence-electron chi connectivity index (χ0n) is 55.0. The number of unbranched alkanes of at least 4 members (excludes halogenated alkanes) is 5. The molecular formula is C63H114N16O13. The summed E-state index contributed by atoms with van der Waals surface area (Å²) in [6, 6.07) is 1.94. The molecule has 0 bridgehead atoms. The summed E-state index contributed by atoms with van der Waals surface area (Å²) in [5.74, 6) is 6.02. The van der Waals surface area contributed by atoms with Crippen LogP contribution in [0.3, 0.4) is 0 Å². The molecule has 92 heavy (non-hydrogen) atoms. The van der Waals surface area contributed by atoms with E-state index in [4.69, 9.17) is 60.7 Å². The molecule has 4 heterocycles. The fraction of sp³-hybridized carbons (Fsp3) is 0.857. The Bertz CT molecular complexity index is 2390. The molecule has 0 amide bonds. The van der Waals surface area contributed by atoms with Gasteiger partial charge in [0, 0.05) is 133 Å². The number of nitriles is 1. The van der Waals surface area contributed by atoms with Crippen LogP contribution in [0.2, 0.25) is 0 Å². The average Bonchev–Trinajstić information content (AvgIpc) is 3.07. The molecule has 29 nitrogen and oxygen atoms in total. The van der Waals surface area contributed by atoms with Crippen molar-refractivity contribution < 1.29 is 63.4 Å². The van der Waals surface area contributed by atoms with E-state index in [0.29, 0.717) is 155 Å². The monoisotopic (exact) mass is 1300 g/mol. The molecule has 13 N–H and O–H groups in total. The summed E-state index contributed by atoms with van der Waals surface area (Å²) in [5.41, 5.74) is 23.7. The summed E-state index contributed by atoms with van der Waals surface area (Å²) >= 11 is 0. The van der Waals surface area contributed by atoms with Crippen LogP contribution in [0.25, 0.3) is 0 Å². The van der Waals surface area contributed by atoms with Crippen molar-refractivity contribution in [3.63, 3.8) is 0 Å². The van der Waals surface area contributed by atoms with Gasteiger partial charge in [0.1, 0.15) is 0 Å². The Hall–Kier alpha value is -4.43. The zero-order chi connectivity index (χ0) is 65.7. The fourth-order valence-corrected chi connectivity index (χ4v) is 12.3. The molecule has 4 aliphatic rings. The lowest BCUT2D eigenvalue weighted by Gasteiger charge is -2.36. The quantitative estimate of drug-likeness (QED) is 0.0197. The van der Waals surface area contributed by atoms with Crippen LogP contribution in [0.4, 0.5) is 0 Å². The van der Waals surface area contributed by atoms with Crippen LogP contribution in [0.15, 0.2) is 41.3 Å². The van der Waals surface area contributed by atoms with Crippen molar-refractivity contribution in [2.45, 2.75) is 223 Å². The first-order valence-corrected chi connectivity index (χ1v) is 34.0. The molecule has 0 aromatic carbocycles. The largest absolute Gasteiger partial charge is 0.400 e. The number of ether oxygens (including phenoxy) is 8. The predicted molar refractivity (Wildman–Crippen MR) is 341 cm³/mol. The molecule has 4 fully saturated rings. The SMILES string of the molecule is CC1CC(C#N)CC(OCCOCCn2cc(CN(C/C(=C/NCCCCCOC3CCC(O)C(CO)C3)N=N)C(C)CCCCN(C/C(N)=C/N(N)CCOCCOC3CC(O)C(N)C(CO)C3)Cc3cn(CCCCCOC4CCCC(CO)O4)nn3)nn2)O1. The minimum Gasteiger partial charge on any atom is -0.400 e. The molecule has 2 aromatic heterocycles. The summed E-state index contributed by atoms with van der Waals surface area (Å²) in [4.78, 5) is 4.54. The molecule has 524 valence electrons. The van der Waals surface area contributed by atoms with Crippen LogP contribution >= 0.6 is 0 Å². The van der Waals surface area contributed by atoms with Crippen LogP contribution in [-0.2, 0) is 64.1 Å². The lowest BCUT2D eigenvalue weighted by Crippen LogP contribution is -2.50. The number of nitrogens with zero attached hydrogens (tertiary/aromatic N) is 11. The topological polar surface area (TPSA) is 396 Å². The predicted octanol–water partition coefficient (Wildman–Crippen LogP) is 3.14. The second-order valence-electron chi connectivity index (χ2n) is 25.5. The molecule has 13 atom stereocenters. The third-order valence-electron chi connectivity index (χ3n) is 17.7. The number of hydrogen-bond donors (Lipinski definition) is 10. The van der Waals surface area contributed by atoms with Crippen LogP contribution in [0.5, 0.6) is 0 Å². The van der Waals surface area contributed by atoms with Gasteiger partial charge in [-0.3, -0.25) is 14.5 Å². The molecule has 2 aromatic rings. The smallest absolute Gasteiger partial charge is 0.159 e. The summed E-state index contributed by atoms with van der Waals surface area (Å²) < 4.78 is 50.9. The molecule has 2 saturated heterocycles. The standard InChI is InChI=1S/C63H114N16O13/c1-47(76(40-53(70-67)36-69-17-6-3-9-22-87-56-15-16-59(83)50(32-56)44-80)41-55-43-79(74-72-55)21-25-86-27-29-90-62-31-49(35-64)30-48(2)91-62)12-5-8-18-75(39-54-42-78(73-71-54)19-7-4-10-23-89-61-14-11-13-57(46-82)92-61)37-52(65)38-77(68)20-24-85-26-28-88-58-33-51(45-81)63(66)60(84)34-58/h36,38,42-43,47-51,56-63,67,69,80-84H,3-34,37,39-41,44-46,65-66,68H2,1-2H3/b52-38-,53-36-,70-67?. The van der Waals surface area contributed by atoms with E-state index in [1.165, 1.54) is 5.01 Å². The summed E-state index contributed by atoms with van der Waals surface area (Å²) in [6.07, 6.45) is 20.6. The molecule has 2 saturated carbocycles. The first-order valence-electron chi connectivity index (χ1n) is 34.0. The molecule has 0 spiro atoms. The van der Waals surface area contributed by atoms with Crippen LogP contribution in [-0.4, -0.2) is 237 Å². The Kier molecular flexibility index (Phi) is 36.9. The third-order valence-corrected chi connectivity index (χ3v) is 17.7.